The summed E-state index contributed by atoms with van der Waals surface area (Å²) in [7, 11) is 0. The van der Waals surface area contributed by atoms with E-state index in [2.05, 4.69) is 15.4 Å². The quantitative estimate of drug-likeness (QED) is 0.816. The molecule has 1 amide bonds. The first-order valence-electron chi connectivity index (χ1n) is 6.46. The van der Waals surface area contributed by atoms with Crippen LogP contribution in [0.25, 0.3) is 0 Å². The van der Waals surface area contributed by atoms with Crippen LogP contribution in [0.3, 0.4) is 0 Å². The van der Waals surface area contributed by atoms with Crippen LogP contribution in [-0.2, 0) is 22.7 Å². The first kappa shape index (κ1) is 14.1. The Kier molecular flexibility index (Phi) is 5.20. The summed E-state index contributed by atoms with van der Waals surface area (Å²) in [6.45, 7) is 2.20. The monoisotopic (exact) mass is 271 g/mol. The van der Waals surface area contributed by atoms with E-state index in [1.165, 1.54) is 0 Å². The highest BCUT2D eigenvalue weighted by atomic mass is 16.6. The van der Waals surface area contributed by atoms with Crippen molar-refractivity contribution in [2.75, 3.05) is 0 Å². The molecule has 2 aromatic rings. The molecule has 0 aromatic carbocycles. The zero-order valence-corrected chi connectivity index (χ0v) is 11.4. The minimum Gasteiger partial charge on any atom is -0.273 e. The summed E-state index contributed by atoms with van der Waals surface area (Å²) in [4.78, 5) is 25.0. The average Bonchev–Trinajstić information content (AvgIpc) is 2.48. The molecule has 104 valence electrons. The number of carbonyl (C=O) groups excluding carboxylic acids is 1. The van der Waals surface area contributed by atoms with Gasteiger partial charge in [-0.05, 0) is 37.1 Å². The van der Waals surface area contributed by atoms with Crippen molar-refractivity contribution in [1.29, 1.82) is 0 Å². The lowest BCUT2D eigenvalue weighted by molar-refractivity contribution is -0.134. The molecule has 0 unspecified atom stereocenters. The third-order valence-corrected chi connectivity index (χ3v) is 2.75. The van der Waals surface area contributed by atoms with Crippen molar-refractivity contribution in [3.63, 3.8) is 0 Å². The summed E-state index contributed by atoms with van der Waals surface area (Å²) < 4.78 is 0. The number of rotatable bonds is 6. The molecule has 0 fully saturated rings. The average molecular weight is 271 g/mol. The fourth-order valence-electron chi connectivity index (χ4n) is 1.63. The maximum atomic E-state index is 11.6. The lowest BCUT2D eigenvalue weighted by atomic mass is 10.1. The van der Waals surface area contributed by atoms with Crippen LogP contribution in [0.15, 0.2) is 42.7 Å². The van der Waals surface area contributed by atoms with Gasteiger partial charge in [0.1, 0.15) is 6.61 Å². The van der Waals surface area contributed by atoms with Gasteiger partial charge in [0.05, 0.1) is 5.69 Å². The highest BCUT2D eigenvalue weighted by molar-refractivity contribution is 5.75. The van der Waals surface area contributed by atoms with Crippen molar-refractivity contribution in [2.24, 2.45) is 0 Å². The minimum atomic E-state index is -0.151. The van der Waals surface area contributed by atoms with E-state index in [4.69, 9.17) is 4.84 Å². The van der Waals surface area contributed by atoms with Crippen molar-refractivity contribution in [3.8, 4) is 0 Å². The number of nitrogens with one attached hydrogen (secondary N) is 1. The summed E-state index contributed by atoms with van der Waals surface area (Å²) in [5, 5.41) is 0. The molecule has 5 nitrogen and oxygen atoms in total. The van der Waals surface area contributed by atoms with Crippen molar-refractivity contribution >= 4 is 5.91 Å². The van der Waals surface area contributed by atoms with Gasteiger partial charge in [0.15, 0.2) is 0 Å². The second-order valence-corrected chi connectivity index (χ2v) is 4.44. The van der Waals surface area contributed by atoms with Crippen LogP contribution in [-0.4, -0.2) is 15.9 Å². The summed E-state index contributed by atoms with van der Waals surface area (Å²) in [5.74, 6) is -0.151. The lowest BCUT2D eigenvalue weighted by Crippen LogP contribution is -2.23. The topological polar surface area (TPSA) is 64.1 Å². The summed E-state index contributed by atoms with van der Waals surface area (Å²) in [6, 6.07) is 9.45. The molecule has 0 aliphatic carbocycles. The molecule has 1 N–H and O–H groups in total. The number of aromatic nitrogens is 2. The Hall–Kier alpha value is -2.27. The van der Waals surface area contributed by atoms with Gasteiger partial charge in [-0.2, -0.15) is 0 Å². The van der Waals surface area contributed by atoms with Crippen LogP contribution < -0.4 is 5.48 Å². The Morgan fingerprint density at radius 2 is 2.15 bits per heavy atom. The Balaban J connectivity index is 1.67. The van der Waals surface area contributed by atoms with Crippen molar-refractivity contribution in [2.45, 2.75) is 26.4 Å². The first-order chi connectivity index (χ1) is 9.74. The molecule has 0 saturated heterocycles. The fraction of sp³-hybridized carbons (Fsp3) is 0.267. The smallest absolute Gasteiger partial charge is 0.243 e. The van der Waals surface area contributed by atoms with Crippen molar-refractivity contribution in [3.05, 3.63) is 59.7 Å². The van der Waals surface area contributed by atoms with Crippen LogP contribution in [0.4, 0.5) is 0 Å². The van der Waals surface area contributed by atoms with E-state index >= 15 is 0 Å². The van der Waals surface area contributed by atoms with Crippen LogP contribution in [0.1, 0.15) is 23.4 Å². The predicted molar refractivity (Wildman–Crippen MR) is 74.5 cm³/mol. The van der Waals surface area contributed by atoms with Gasteiger partial charge in [-0.1, -0.05) is 12.1 Å². The van der Waals surface area contributed by atoms with E-state index in [1.807, 2.05) is 37.3 Å². The number of hydroxylamine groups is 1. The lowest BCUT2D eigenvalue weighted by Gasteiger charge is -2.05. The van der Waals surface area contributed by atoms with E-state index in [-0.39, 0.29) is 12.5 Å². The molecule has 2 rings (SSSR count). The van der Waals surface area contributed by atoms with E-state index in [1.54, 1.807) is 12.4 Å². The van der Waals surface area contributed by atoms with Gasteiger partial charge in [-0.25, -0.2) is 5.48 Å². The molecule has 0 radical (unpaired) electrons. The molecule has 2 heterocycles. The normalized spacial score (nSPS) is 10.2. The zero-order chi connectivity index (χ0) is 14.2. The Labute approximate surface area is 118 Å². The van der Waals surface area contributed by atoms with Gasteiger partial charge in [0.25, 0.3) is 0 Å². The first-order valence-corrected chi connectivity index (χ1v) is 6.46. The van der Waals surface area contributed by atoms with Gasteiger partial charge < -0.3 is 0 Å². The van der Waals surface area contributed by atoms with E-state index in [0.717, 1.165) is 17.0 Å². The molecule has 0 saturated carbocycles. The third kappa shape index (κ3) is 4.78. The number of amides is 1. The van der Waals surface area contributed by atoms with E-state index in [9.17, 15) is 4.79 Å². The van der Waals surface area contributed by atoms with Gasteiger partial charge in [0.2, 0.25) is 5.91 Å². The Bertz CT molecular complexity index is 541. The molecule has 5 heteroatoms. The highest BCUT2D eigenvalue weighted by Crippen LogP contribution is 2.03. The summed E-state index contributed by atoms with van der Waals surface area (Å²) >= 11 is 0. The maximum Gasteiger partial charge on any atom is 0.243 e. The summed E-state index contributed by atoms with van der Waals surface area (Å²) in [6.07, 6.45) is 4.49. The van der Waals surface area contributed by atoms with Gasteiger partial charge >= 0.3 is 0 Å². The standard InChI is InChI=1S/C15H17N3O2/c1-12-5-6-13(10-17-12)7-8-15(19)18-20-11-14-4-2-3-9-16-14/h2-6,9-10H,7-8,11H2,1H3,(H,18,19). The molecule has 0 aliphatic rings. The third-order valence-electron chi connectivity index (χ3n) is 2.75. The molecule has 0 bridgehead atoms. The van der Waals surface area contributed by atoms with Crippen molar-refractivity contribution in [1.82, 2.24) is 15.4 Å². The van der Waals surface area contributed by atoms with Crippen LogP contribution >= 0.6 is 0 Å². The number of nitrogens with zero attached hydrogens (tertiary/aromatic N) is 2. The highest BCUT2D eigenvalue weighted by Gasteiger charge is 2.03. The van der Waals surface area contributed by atoms with Gasteiger partial charge in [0, 0.05) is 24.5 Å². The number of aryl methyl sites for hydroxylation is 2. The van der Waals surface area contributed by atoms with Crippen LogP contribution in [0.2, 0.25) is 0 Å². The van der Waals surface area contributed by atoms with Crippen molar-refractivity contribution < 1.29 is 9.63 Å². The molecule has 0 atom stereocenters. The molecule has 0 aliphatic heterocycles. The van der Waals surface area contributed by atoms with E-state index < -0.39 is 0 Å². The molecule has 20 heavy (non-hydrogen) atoms. The summed E-state index contributed by atoms with van der Waals surface area (Å²) in [5.41, 5.74) is 5.19. The Morgan fingerprint density at radius 1 is 1.25 bits per heavy atom. The Morgan fingerprint density at radius 3 is 2.85 bits per heavy atom. The van der Waals surface area contributed by atoms with Crippen LogP contribution in [0.5, 0.6) is 0 Å². The molecule has 2 aromatic heterocycles. The predicted octanol–water partition coefficient (Wildman–Crippen LogP) is 1.97. The van der Waals surface area contributed by atoms with E-state index in [0.29, 0.717) is 12.8 Å². The SMILES string of the molecule is Cc1ccc(CCC(=O)NOCc2ccccn2)cn1. The fourth-order valence-corrected chi connectivity index (χ4v) is 1.63. The number of pyridine rings is 2. The largest absolute Gasteiger partial charge is 0.273 e. The molecular weight excluding hydrogens is 254 g/mol. The minimum absolute atomic E-state index is 0.151. The van der Waals surface area contributed by atoms with Gasteiger partial charge in [-0.3, -0.25) is 19.6 Å². The maximum absolute atomic E-state index is 11.6. The second kappa shape index (κ2) is 7.35. The van der Waals surface area contributed by atoms with Crippen LogP contribution in [0, 0.1) is 6.92 Å². The number of hydrogen-bond acceptors (Lipinski definition) is 4. The molecule has 0 spiro atoms. The number of hydrogen-bond donors (Lipinski definition) is 1. The second-order valence-electron chi connectivity index (χ2n) is 4.44. The van der Waals surface area contributed by atoms with Gasteiger partial charge in [-0.15, -0.1) is 0 Å². The number of carbonyl (C=O) groups is 1. The molecular formula is C15H17N3O2. The zero-order valence-electron chi connectivity index (χ0n) is 11.4.